The van der Waals surface area contributed by atoms with Gasteiger partial charge < -0.3 is 10.2 Å². The van der Waals surface area contributed by atoms with E-state index in [-0.39, 0.29) is 0 Å². The first-order valence-electron chi connectivity index (χ1n) is 9.09. The lowest BCUT2D eigenvalue weighted by Crippen LogP contribution is -2.36. The van der Waals surface area contributed by atoms with Crippen molar-refractivity contribution in [2.45, 2.75) is 12.8 Å². The minimum atomic E-state index is 0.803. The molecule has 0 saturated carbocycles. The van der Waals surface area contributed by atoms with E-state index in [1.165, 1.54) is 29.7 Å². The molecule has 134 valence electrons. The third-order valence-corrected chi connectivity index (χ3v) is 5.17. The van der Waals surface area contributed by atoms with Gasteiger partial charge in [0.25, 0.3) is 0 Å². The highest BCUT2D eigenvalue weighted by atomic mass is 16.7. The molecule has 0 spiro atoms. The Morgan fingerprint density at radius 2 is 1.76 bits per heavy atom. The number of rotatable bonds is 6. The molecule has 1 fully saturated rings. The molecule has 0 atom stereocenters. The van der Waals surface area contributed by atoms with Gasteiger partial charge >= 0.3 is 0 Å². The molecule has 0 bridgehead atoms. The summed E-state index contributed by atoms with van der Waals surface area (Å²) in [5, 5.41) is 5.08. The second-order valence-electron chi connectivity index (χ2n) is 6.73. The van der Waals surface area contributed by atoms with Crippen LogP contribution in [0.4, 0.5) is 11.4 Å². The maximum atomic E-state index is 5.25. The van der Waals surface area contributed by atoms with E-state index in [0.29, 0.717) is 0 Å². The topological polar surface area (TPSA) is 27.7 Å². The third kappa shape index (κ3) is 4.14. The van der Waals surface area contributed by atoms with Gasteiger partial charge in [-0.3, -0.25) is 9.90 Å². The maximum absolute atomic E-state index is 5.25. The number of nitrogens with one attached hydrogen (secondary N) is 1. The summed E-state index contributed by atoms with van der Waals surface area (Å²) in [6.45, 7) is 3.39. The molecule has 2 aromatic rings. The van der Waals surface area contributed by atoms with Crippen LogP contribution in [0.15, 0.2) is 48.5 Å². The van der Waals surface area contributed by atoms with Crippen molar-refractivity contribution in [3.63, 3.8) is 0 Å². The van der Waals surface area contributed by atoms with Crippen molar-refractivity contribution in [2.24, 2.45) is 5.92 Å². The largest absolute Gasteiger partial charge is 0.371 e. The molecule has 0 unspecified atom stereocenters. The second kappa shape index (κ2) is 8.37. The Morgan fingerprint density at radius 3 is 2.40 bits per heavy atom. The number of para-hydroxylation sites is 1. The van der Waals surface area contributed by atoms with Crippen LogP contribution in [-0.4, -0.2) is 40.8 Å². The van der Waals surface area contributed by atoms with Crippen LogP contribution in [-0.2, 0) is 4.84 Å². The zero-order valence-corrected chi connectivity index (χ0v) is 15.5. The lowest BCUT2D eigenvalue weighted by atomic mass is 9.95. The molecule has 1 aliphatic heterocycles. The smallest absolute Gasteiger partial charge is 0.0638 e. The Kier molecular flexibility index (Phi) is 5.95. The number of hydroxylamine groups is 1. The lowest BCUT2D eigenvalue weighted by Gasteiger charge is -2.35. The molecule has 0 radical (unpaired) electrons. The van der Waals surface area contributed by atoms with Crippen LogP contribution >= 0.6 is 0 Å². The number of anilines is 2. The van der Waals surface area contributed by atoms with Crippen LogP contribution in [0.5, 0.6) is 0 Å². The van der Waals surface area contributed by atoms with Crippen molar-refractivity contribution in [3.8, 4) is 11.1 Å². The van der Waals surface area contributed by atoms with Gasteiger partial charge in [-0.25, -0.2) is 0 Å². The summed E-state index contributed by atoms with van der Waals surface area (Å²) in [6, 6.07) is 17.3. The van der Waals surface area contributed by atoms with Gasteiger partial charge in [0.05, 0.1) is 12.8 Å². The molecular weight excluding hydrogens is 310 g/mol. The van der Waals surface area contributed by atoms with E-state index in [2.05, 4.69) is 58.7 Å². The second-order valence-corrected chi connectivity index (χ2v) is 6.73. The first-order chi connectivity index (χ1) is 12.2. The molecule has 3 rings (SSSR count). The molecule has 4 nitrogen and oxygen atoms in total. The zero-order valence-electron chi connectivity index (χ0n) is 15.5. The lowest BCUT2D eigenvalue weighted by molar-refractivity contribution is 0.185. The Morgan fingerprint density at radius 1 is 1.08 bits per heavy atom. The number of benzene rings is 2. The van der Waals surface area contributed by atoms with Gasteiger partial charge in [-0.05, 0) is 56.1 Å². The summed E-state index contributed by atoms with van der Waals surface area (Å²) < 4.78 is 0. The van der Waals surface area contributed by atoms with Crippen LogP contribution < -0.4 is 15.3 Å². The number of nitrogens with zero attached hydrogens (tertiary/aromatic N) is 2. The van der Waals surface area contributed by atoms with E-state index in [1.54, 1.807) is 12.2 Å². The predicted molar refractivity (Wildman–Crippen MR) is 106 cm³/mol. The standard InChI is InChI=1S/C21H29N3O/c1-22-16-17-12-14-24(15-13-17)21-7-5-4-6-20(21)18-8-10-19(11-9-18)23(2)25-3/h4-11,17,22H,12-16H2,1-3H3. The van der Waals surface area contributed by atoms with E-state index in [1.807, 2.05) is 14.1 Å². The minimum absolute atomic E-state index is 0.803. The van der Waals surface area contributed by atoms with Crippen LogP contribution in [0.3, 0.4) is 0 Å². The highest BCUT2D eigenvalue weighted by molar-refractivity contribution is 5.79. The van der Waals surface area contributed by atoms with E-state index in [0.717, 1.165) is 31.2 Å². The van der Waals surface area contributed by atoms with Gasteiger partial charge in [-0.2, -0.15) is 0 Å². The average molecular weight is 339 g/mol. The molecule has 0 aliphatic carbocycles. The van der Waals surface area contributed by atoms with Gasteiger partial charge in [0.15, 0.2) is 0 Å². The molecule has 1 saturated heterocycles. The molecule has 1 heterocycles. The van der Waals surface area contributed by atoms with Gasteiger partial charge in [-0.1, -0.05) is 30.3 Å². The molecule has 0 amide bonds. The summed E-state index contributed by atoms with van der Waals surface area (Å²) in [7, 11) is 5.64. The number of piperidine rings is 1. The molecule has 25 heavy (non-hydrogen) atoms. The van der Waals surface area contributed by atoms with Crippen LogP contribution in [0.2, 0.25) is 0 Å². The summed E-state index contributed by atoms with van der Waals surface area (Å²) >= 11 is 0. The molecular formula is C21H29N3O. The Labute approximate surface area is 151 Å². The Bertz CT molecular complexity index is 663. The molecule has 1 aliphatic rings. The van der Waals surface area contributed by atoms with Crippen molar-refractivity contribution < 1.29 is 4.84 Å². The minimum Gasteiger partial charge on any atom is -0.371 e. The summed E-state index contributed by atoms with van der Waals surface area (Å²) in [5.41, 5.74) is 4.96. The monoisotopic (exact) mass is 339 g/mol. The number of hydrogen-bond acceptors (Lipinski definition) is 4. The highest BCUT2D eigenvalue weighted by Gasteiger charge is 2.20. The summed E-state index contributed by atoms with van der Waals surface area (Å²) in [5.74, 6) is 0.803. The fraction of sp³-hybridized carbons (Fsp3) is 0.429. The molecule has 0 aromatic heterocycles. The predicted octanol–water partition coefficient (Wildman–Crippen LogP) is 3.79. The van der Waals surface area contributed by atoms with Gasteiger partial charge in [-0.15, -0.1) is 0 Å². The summed E-state index contributed by atoms with van der Waals surface area (Å²) in [6.07, 6.45) is 2.51. The van der Waals surface area contributed by atoms with Crippen molar-refractivity contribution >= 4 is 11.4 Å². The average Bonchev–Trinajstić information content (AvgIpc) is 2.68. The van der Waals surface area contributed by atoms with Crippen molar-refractivity contribution in [3.05, 3.63) is 48.5 Å². The highest BCUT2D eigenvalue weighted by Crippen LogP contribution is 2.34. The van der Waals surface area contributed by atoms with Crippen LogP contribution in [0.25, 0.3) is 11.1 Å². The SMILES string of the molecule is CNCC1CCN(c2ccccc2-c2ccc(N(C)OC)cc2)CC1. The van der Waals surface area contributed by atoms with Crippen molar-refractivity contribution in [1.29, 1.82) is 0 Å². The van der Waals surface area contributed by atoms with E-state index < -0.39 is 0 Å². The number of hydrogen-bond donors (Lipinski definition) is 1. The van der Waals surface area contributed by atoms with E-state index in [9.17, 15) is 0 Å². The quantitative estimate of drug-likeness (QED) is 0.811. The van der Waals surface area contributed by atoms with Crippen molar-refractivity contribution in [1.82, 2.24) is 5.32 Å². The van der Waals surface area contributed by atoms with Crippen LogP contribution in [0, 0.1) is 5.92 Å². The van der Waals surface area contributed by atoms with E-state index >= 15 is 0 Å². The maximum Gasteiger partial charge on any atom is 0.0638 e. The zero-order chi connectivity index (χ0) is 17.6. The van der Waals surface area contributed by atoms with Gasteiger partial charge in [0, 0.05) is 31.4 Å². The summed E-state index contributed by atoms with van der Waals surface area (Å²) in [4.78, 5) is 7.79. The molecule has 4 heteroatoms. The fourth-order valence-electron chi connectivity index (χ4n) is 3.62. The van der Waals surface area contributed by atoms with Crippen molar-refractivity contribution in [2.75, 3.05) is 50.8 Å². The normalized spacial score (nSPS) is 15.4. The van der Waals surface area contributed by atoms with E-state index in [4.69, 9.17) is 4.84 Å². The first-order valence-corrected chi connectivity index (χ1v) is 9.09. The fourth-order valence-corrected chi connectivity index (χ4v) is 3.62. The Hall–Kier alpha value is -2.04. The van der Waals surface area contributed by atoms with Gasteiger partial charge in [0.2, 0.25) is 0 Å². The Balaban J connectivity index is 1.80. The first kappa shape index (κ1) is 17.8. The molecule has 1 N–H and O–H groups in total. The molecule has 2 aromatic carbocycles. The van der Waals surface area contributed by atoms with Crippen LogP contribution in [0.1, 0.15) is 12.8 Å². The van der Waals surface area contributed by atoms with Gasteiger partial charge in [0.1, 0.15) is 0 Å². The third-order valence-electron chi connectivity index (χ3n) is 5.17.